The van der Waals surface area contributed by atoms with Crippen LogP contribution < -0.4 is 11.3 Å². The fourth-order valence-corrected chi connectivity index (χ4v) is 1.85. The molecule has 3 N–H and O–H groups in total. The van der Waals surface area contributed by atoms with Gasteiger partial charge in [-0.25, -0.2) is 15.8 Å². The van der Waals surface area contributed by atoms with Gasteiger partial charge in [0, 0.05) is 17.3 Å². The fourth-order valence-electron chi connectivity index (χ4n) is 1.85. The van der Waals surface area contributed by atoms with E-state index in [2.05, 4.69) is 55.2 Å². The standard InChI is InChI=1S/C15H20N4/c1-9(2)13-8-14(19-16)18-15(17-13)12-6-5-10(3)11(4)7-12/h5-9H,16H2,1-4H3,(H,17,18,19). The number of rotatable bonds is 3. The number of aromatic nitrogens is 2. The molecule has 0 spiro atoms. The predicted molar refractivity (Wildman–Crippen MR) is 78.8 cm³/mol. The van der Waals surface area contributed by atoms with E-state index in [1.54, 1.807) is 0 Å². The molecule has 0 radical (unpaired) electrons. The highest BCUT2D eigenvalue weighted by molar-refractivity contribution is 5.59. The van der Waals surface area contributed by atoms with Gasteiger partial charge >= 0.3 is 0 Å². The Labute approximate surface area is 114 Å². The molecule has 4 nitrogen and oxygen atoms in total. The largest absolute Gasteiger partial charge is 0.308 e. The molecule has 0 atom stereocenters. The van der Waals surface area contributed by atoms with Gasteiger partial charge in [0.15, 0.2) is 5.82 Å². The molecule has 0 aliphatic carbocycles. The lowest BCUT2D eigenvalue weighted by molar-refractivity contribution is 0.817. The van der Waals surface area contributed by atoms with Crippen molar-refractivity contribution in [2.45, 2.75) is 33.6 Å². The fraction of sp³-hybridized carbons (Fsp3) is 0.333. The molecule has 0 unspecified atom stereocenters. The van der Waals surface area contributed by atoms with E-state index in [1.165, 1.54) is 11.1 Å². The first-order valence-corrected chi connectivity index (χ1v) is 6.44. The Morgan fingerprint density at radius 3 is 2.37 bits per heavy atom. The average Bonchev–Trinajstić information content (AvgIpc) is 2.41. The summed E-state index contributed by atoms with van der Waals surface area (Å²) in [7, 11) is 0. The normalized spacial score (nSPS) is 10.8. The van der Waals surface area contributed by atoms with E-state index in [4.69, 9.17) is 5.84 Å². The number of hydrazine groups is 1. The molecule has 19 heavy (non-hydrogen) atoms. The van der Waals surface area contributed by atoms with Crippen LogP contribution in [0.15, 0.2) is 24.3 Å². The second kappa shape index (κ2) is 5.36. The zero-order valence-corrected chi connectivity index (χ0v) is 11.9. The summed E-state index contributed by atoms with van der Waals surface area (Å²) in [6.45, 7) is 8.39. The van der Waals surface area contributed by atoms with Gasteiger partial charge in [0.25, 0.3) is 0 Å². The van der Waals surface area contributed by atoms with Crippen molar-refractivity contribution in [3.05, 3.63) is 41.1 Å². The van der Waals surface area contributed by atoms with Crippen LogP contribution in [0.25, 0.3) is 11.4 Å². The molecule has 2 rings (SSSR count). The van der Waals surface area contributed by atoms with E-state index >= 15 is 0 Å². The number of hydrogen-bond acceptors (Lipinski definition) is 4. The number of nitrogens with zero attached hydrogens (tertiary/aromatic N) is 2. The number of aryl methyl sites for hydroxylation is 2. The molecular formula is C15H20N4. The van der Waals surface area contributed by atoms with Gasteiger partial charge in [-0.1, -0.05) is 26.0 Å². The SMILES string of the molecule is Cc1ccc(-c2nc(NN)cc(C(C)C)n2)cc1C. The minimum atomic E-state index is 0.334. The third kappa shape index (κ3) is 2.90. The molecule has 0 saturated heterocycles. The summed E-state index contributed by atoms with van der Waals surface area (Å²) in [6, 6.07) is 8.12. The van der Waals surface area contributed by atoms with Crippen LogP contribution in [0.2, 0.25) is 0 Å². The van der Waals surface area contributed by atoms with Crippen molar-refractivity contribution >= 4 is 5.82 Å². The smallest absolute Gasteiger partial charge is 0.161 e. The van der Waals surface area contributed by atoms with Crippen molar-refractivity contribution < 1.29 is 0 Å². The number of nitrogens with one attached hydrogen (secondary N) is 1. The summed E-state index contributed by atoms with van der Waals surface area (Å²) in [5.74, 6) is 7.17. The van der Waals surface area contributed by atoms with Crippen molar-refractivity contribution in [2.75, 3.05) is 5.43 Å². The lowest BCUT2D eigenvalue weighted by Gasteiger charge is -2.11. The molecule has 0 aliphatic rings. The molecule has 0 amide bonds. The third-order valence-electron chi connectivity index (χ3n) is 3.25. The Balaban J connectivity index is 2.54. The van der Waals surface area contributed by atoms with Crippen LogP contribution in [0.3, 0.4) is 0 Å². The Morgan fingerprint density at radius 1 is 1.05 bits per heavy atom. The van der Waals surface area contributed by atoms with Crippen molar-refractivity contribution in [2.24, 2.45) is 5.84 Å². The number of benzene rings is 1. The molecule has 4 heteroatoms. The maximum Gasteiger partial charge on any atom is 0.161 e. The predicted octanol–water partition coefficient (Wildman–Crippen LogP) is 3.17. The van der Waals surface area contributed by atoms with E-state index in [9.17, 15) is 0 Å². The summed E-state index contributed by atoms with van der Waals surface area (Å²) in [5.41, 5.74) is 7.10. The number of hydrogen-bond donors (Lipinski definition) is 2. The lowest BCUT2D eigenvalue weighted by atomic mass is 10.1. The van der Waals surface area contributed by atoms with E-state index in [-0.39, 0.29) is 0 Å². The quantitative estimate of drug-likeness (QED) is 0.654. The Kier molecular flexibility index (Phi) is 3.81. The first-order valence-electron chi connectivity index (χ1n) is 6.44. The van der Waals surface area contributed by atoms with E-state index in [0.717, 1.165) is 11.3 Å². The summed E-state index contributed by atoms with van der Waals surface area (Å²) in [5, 5.41) is 0. The topological polar surface area (TPSA) is 63.8 Å². The van der Waals surface area contributed by atoms with Gasteiger partial charge in [-0.15, -0.1) is 0 Å². The monoisotopic (exact) mass is 256 g/mol. The van der Waals surface area contributed by atoms with Crippen LogP contribution in [-0.4, -0.2) is 9.97 Å². The summed E-state index contributed by atoms with van der Waals surface area (Å²) in [4.78, 5) is 9.04. The van der Waals surface area contributed by atoms with Crippen molar-refractivity contribution in [3.8, 4) is 11.4 Å². The van der Waals surface area contributed by atoms with E-state index in [0.29, 0.717) is 17.6 Å². The van der Waals surface area contributed by atoms with Gasteiger partial charge in [-0.05, 0) is 37.0 Å². The molecule has 100 valence electrons. The van der Waals surface area contributed by atoms with Crippen LogP contribution in [-0.2, 0) is 0 Å². The molecule has 2 aromatic rings. The minimum absolute atomic E-state index is 0.334. The number of nitrogens with two attached hydrogens (primary N) is 1. The third-order valence-corrected chi connectivity index (χ3v) is 3.25. The summed E-state index contributed by atoms with van der Waals surface area (Å²) < 4.78 is 0. The lowest BCUT2D eigenvalue weighted by Crippen LogP contribution is -2.11. The molecule has 1 aromatic heterocycles. The van der Waals surface area contributed by atoms with Gasteiger partial charge in [0.1, 0.15) is 5.82 Å². The van der Waals surface area contributed by atoms with E-state index < -0.39 is 0 Å². The van der Waals surface area contributed by atoms with Crippen LogP contribution >= 0.6 is 0 Å². The van der Waals surface area contributed by atoms with Crippen LogP contribution in [0, 0.1) is 13.8 Å². The van der Waals surface area contributed by atoms with Gasteiger partial charge < -0.3 is 5.43 Å². The molecule has 1 heterocycles. The molecular weight excluding hydrogens is 236 g/mol. The second-order valence-corrected chi connectivity index (χ2v) is 5.10. The second-order valence-electron chi connectivity index (χ2n) is 5.10. The van der Waals surface area contributed by atoms with Gasteiger partial charge in [0.2, 0.25) is 0 Å². The molecule has 0 saturated carbocycles. The summed E-state index contributed by atoms with van der Waals surface area (Å²) >= 11 is 0. The summed E-state index contributed by atoms with van der Waals surface area (Å²) in [6.07, 6.45) is 0. The van der Waals surface area contributed by atoms with Gasteiger partial charge in [-0.3, -0.25) is 0 Å². The maximum atomic E-state index is 5.48. The van der Waals surface area contributed by atoms with Crippen LogP contribution in [0.5, 0.6) is 0 Å². The highest BCUT2D eigenvalue weighted by atomic mass is 15.3. The minimum Gasteiger partial charge on any atom is -0.308 e. The molecule has 0 aliphatic heterocycles. The number of anilines is 1. The van der Waals surface area contributed by atoms with Gasteiger partial charge in [-0.2, -0.15) is 0 Å². The van der Waals surface area contributed by atoms with Crippen molar-refractivity contribution in [1.29, 1.82) is 0 Å². The first-order chi connectivity index (χ1) is 9.01. The number of nitrogen functional groups attached to an aromatic ring is 1. The maximum absolute atomic E-state index is 5.48. The molecule has 1 aromatic carbocycles. The highest BCUT2D eigenvalue weighted by Gasteiger charge is 2.09. The van der Waals surface area contributed by atoms with Gasteiger partial charge in [0.05, 0.1) is 0 Å². The van der Waals surface area contributed by atoms with Crippen molar-refractivity contribution in [3.63, 3.8) is 0 Å². The Morgan fingerprint density at radius 2 is 1.79 bits per heavy atom. The Hall–Kier alpha value is -1.94. The highest BCUT2D eigenvalue weighted by Crippen LogP contribution is 2.23. The molecule has 0 bridgehead atoms. The Bertz CT molecular complexity index is 591. The van der Waals surface area contributed by atoms with Crippen LogP contribution in [0.1, 0.15) is 36.6 Å². The molecule has 0 fully saturated rings. The first kappa shape index (κ1) is 13.5. The van der Waals surface area contributed by atoms with Crippen LogP contribution in [0.4, 0.5) is 5.82 Å². The zero-order chi connectivity index (χ0) is 14.0. The van der Waals surface area contributed by atoms with E-state index in [1.807, 2.05) is 12.1 Å². The zero-order valence-electron chi connectivity index (χ0n) is 11.9. The van der Waals surface area contributed by atoms with Crippen molar-refractivity contribution in [1.82, 2.24) is 9.97 Å². The average molecular weight is 256 g/mol.